The van der Waals surface area contributed by atoms with E-state index in [1.54, 1.807) is 6.07 Å². The number of nitrogens with zero attached hydrogens (tertiary/aromatic N) is 1. The van der Waals surface area contributed by atoms with Crippen molar-refractivity contribution in [3.05, 3.63) is 29.3 Å². The first-order valence-electron chi connectivity index (χ1n) is 11.6. The number of rotatable bonds is 8. The van der Waals surface area contributed by atoms with Crippen LogP contribution in [-0.4, -0.2) is 6.61 Å². The van der Waals surface area contributed by atoms with Gasteiger partial charge in [-0.25, -0.2) is 4.39 Å². The van der Waals surface area contributed by atoms with Crippen molar-refractivity contribution < 1.29 is 13.5 Å². The molecule has 29 heavy (non-hydrogen) atoms. The first-order valence-corrected chi connectivity index (χ1v) is 11.6. The summed E-state index contributed by atoms with van der Waals surface area (Å²) in [7, 11) is 0. The van der Waals surface area contributed by atoms with Gasteiger partial charge < -0.3 is 4.74 Å². The normalized spacial score (nSPS) is 27.4. The molecule has 0 unspecified atom stereocenters. The lowest BCUT2D eigenvalue weighted by atomic mass is 9.69. The first kappa shape index (κ1) is 22.1. The molecule has 0 aromatic heterocycles. The molecule has 0 N–H and O–H groups in total. The molecule has 1 aromatic rings. The fourth-order valence-corrected chi connectivity index (χ4v) is 5.39. The summed E-state index contributed by atoms with van der Waals surface area (Å²) in [5, 5.41) is 8.77. The van der Waals surface area contributed by atoms with Crippen molar-refractivity contribution in [1.82, 2.24) is 0 Å². The minimum atomic E-state index is -1.11. The van der Waals surface area contributed by atoms with Crippen LogP contribution in [0, 0.1) is 46.6 Å². The van der Waals surface area contributed by atoms with E-state index < -0.39 is 11.6 Å². The van der Waals surface area contributed by atoms with Crippen molar-refractivity contribution in [3.8, 4) is 11.8 Å². The highest BCUT2D eigenvalue weighted by Crippen LogP contribution is 2.42. The molecule has 0 radical (unpaired) electrons. The molecule has 1 aromatic carbocycles. The second-order valence-corrected chi connectivity index (χ2v) is 9.22. The fraction of sp³-hybridized carbons (Fsp3) is 0.720. The third-order valence-corrected chi connectivity index (χ3v) is 7.31. The van der Waals surface area contributed by atoms with Gasteiger partial charge in [0.15, 0.2) is 11.6 Å². The van der Waals surface area contributed by atoms with E-state index in [4.69, 9.17) is 10.00 Å². The molecule has 0 spiro atoms. The average Bonchev–Trinajstić information content (AvgIpc) is 2.76. The van der Waals surface area contributed by atoms with Crippen molar-refractivity contribution in [2.24, 2.45) is 23.7 Å². The topological polar surface area (TPSA) is 33.0 Å². The molecule has 0 aliphatic heterocycles. The zero-order chi connectivity index (χ0) is 20.6. The fourth-order valence-electron chi connectivity index (χ4n) is 5.39. The van der Waals surface area contributed by atoms with Gasteiger partial charge in [0.25, 0.3) is 0 Å². The smallest absolute Gasteiger partial charge is 0.201 e. The maximum Gasteiger partial charge on any atom is 0.201 e. The molecule has 2 saturated carbocycles. The first-order chi connectivity index (χ1) is 14.1. The predicted molar refractivity (Wildman–Crippen MR) is 112 cm³/mol. The third-order valence-electron chi connectivity index (χ3n) is 7.31. The molecule has 0 saturated heterocycles. The van der Waals surface area contributed by atoms with Gasteiger partial charge in [0, 0.05) is 0 Å². The Kier molecular flexibility index (Phi) is 8.33. The zero-order valence-corrected chi connectivity index (χ0v) is 17.8. The molecule has 2 fully saturated rings. The minimum Gasteiger partial charge on any atom is -0.490 e. The van der Waals surface area contributed by atoms with Gasteiger partial charge in [-0.05, 0) is 74.3 Å². The zero-order valence-electron chi connectivity index (χ0n) is 17.8. The molecule has 0 bridgehead atoms. The summed E-state index contributed by atoms with van der Waals surface area (Å²) < 4.78 is 33.3. The highest BCUT2D eigenvalue weighted by Gasteiger charge is 2.31. The number of unbranched alkanes of at least 4 members (excludes halogenated alkanes) is 2. The molecule has 2 aliphatic carbocycles. The highest BCUT2D eigenvalue weighted by atomic mass is 19.2. The van der Waals surface area contributed by atoms with Crippen LogP contribution in [0.1, 0.15) is 89.5 Å². The van der Waals surface area contributed by atoms with E-state index in [0.717, 1.165) is 30.6 Å². The Labute approximate surface area is 174 Å². The van der Waals surface area contributed by atoms with E-state index in [1.165, 1.54) is 76.3 Å². The number of hydrogen-bond donors (Lipinski definition) is 0. The Hall–Kier alpha value is -1.63. The molecule has 3 rings (SSSR count). The maximum absolute atomic E-state index is 14.0. The highest BCUT2D eigenvalue weighted by molar-refractivity contribution is 5.37. The maximum atomic E-state index is 14.0. The van der Waals surface area contributed by atoms with Crippen LogP contribution in [0.3, 0.4) is 0 Å². The van der Waals surface area contributed by atoms with Gasteiger partial charge in [0.1, 0.15) is 6.07 Å². The van der Waals surface area contributed by atoms with Gasteiger partial charge in [0.05, 0.1) is 12.2 Å². The van der Waals surface area contributed by atoms with Crippen LogP contribution in [0.5, 0.6) is 5.75 Å². The summed E-state index contributed by atoms with van der Waals surface area (Å²) in [6.07, 6.45) is 15.9. The van der Waals surface area contributed by atoms with Crippen LogP contribution in [0.4, 0.5) is 8.78 Å². The lowest BCUT2D eigenvalue weighted by molar-refractivity contribution is 0.120. The van der Waals surface area contributed by atoms with Crippen LogP contribution in [0.15, 0.2) is 12.1 Å². The molecule has 2 aliphatic rings. The van der Waals surface area contributed by atoms with Gasteiger partial charge in [-0.3, -0.25) is 0 Å². The van der Waals surface area contributed by atoms with E-state index in [0.29, 0.717) is 12.5 Å². The Balaban J connectivity index is 1.38. The van der Waals surface area contributed by atoms with Crippen LogP contribution >= 0.6 is 0 Å². The molecule has 160 valence electrons. The summed E-state index contributed by atoms with van der Waals surface area (Å²) >= 11 is 0. The monoisotopic (exact) mass is 403 g/mol. The number of nitriles is 1. The Bertz CT molecular complexity index is 683. The van der Waals surface area contributed by atoms with Gasteiger partial charge >= 0.3 is 0 Å². The van der Waals surface area contributed by atoms with Gasteiger partial charge in [-0.1, -0.05) is 45.4 Å². The lowest BCUT2D eigenvalue weighted by Gasteiger charge is -2.38. The number of ether oxygens (including phenoxy) is 1. The molecule has 2 nitrogen and oxygen atoms in total. The standard InChI is InChI=1S/C25H35F2NO/c1-2-3-4-5-18-6-10-20(11-7-18)21-12-8-19(9-13-21)17-29-23-15-14-22(16-28)24(26)25(23)27/h14-15,18-21H,2-13,17H2,1H3. The van der Waals surface area contributed by atoms with Gasteiger partial charge in [-0.15, -0.1) is 0 Å². The predicted octanol–water partition coefficient (Wildman–Crippen LogP) is 7.41. The second-order valence-electron chi connectivity index (χ2n) is 9.22. The summed E-state index contributed by atoms with van der Waals surface area (Å²) in [5.74, 6) is 0.869. The van der Waals surface area contributed by atoms with E-state index >= 15 is 0 Å². The van der Waals surface area contributed by atoms with Crippen molar-refractivity contribution >= 4 is 0 Å². The summed E-state index contributed by atoms with van der Waals surface area (Å²) in [6.45, 7) is 2.70. The van der Waals surface area contributed by atoms with Crippen LogP contribution in [0.25, 0.3) is 0 Å². The van der Waals surface area contributed by atoms with E-state index in [-0.39, 0.29) is 11.3 Å². The van der Waals surface area contributed by atoms with E-state index in [2.05, 4.69) is 6.92 Å². The Morgan fingerprint density at radius 1 is 0.897 bits per heavy atom. The number of hydrogen-bond acceptors (Lipinski definition) is 2. The molecular weight excluding hydrogens is 368 g/mol. The number of halogens is 2. The SMILES string of the molecule is CCCCCC1CCC(C2CCC(COc3ccc(C#N)c(F)c3F)CC2)CC1. The summed E-state index contributed by atoms with van der Waals surface area (Å²) in [4.78, 5) is 0. The summed E-state index contributed by atoms with van der Waals surface area (Å²) in [6, 6.07) is 4.29. The minimum absolute atomic E-state index is 0.0787. The van der Waals surface area contributed by atoms with Crippen molar-refractivity contribution in [2.45, 2.75) is 84.0 Å². The largest absolute Gasteiger partial charge is 0.490 e. The third kappa shape index (κ3) is 5.93. The molecule has 0 atom stereocenters. The van der Waals surface area contributed by atoms with Gasteiger partial charge in [-0.2, -0.15) is 9.65 Å². The second kappa shape index (κ2) is 11.0. The molecular formula is C25H35F2NO. The Morgan fingerprint density at radius 2 is 1.52 bits per heavy atom. The van der Waals surface area contributed by atoms with Crippen molar-refractivity contribution in [2.75, 3.05) is 6.61 Å². The van der Waals surface area contributed by atoms with Crippen LogP contribution < -0.4 is 4.74 Å². The Morgan fingerprint density at radius 3 is 2.10 bits per heavy atom. The molecule has 0 heterocycles. The van der Waals surface area contributed by atoms with Crippen LogP contribution in [0.2, 0.25) is 0 Å². The van der Waals surface area contributed by atoms with Crippen molar-refractivity contribution in [1.29, 1.82) is 5.26 Å². The number of benzene rings is 1. The molecule has 4 heteroatoms. The van der Waals surface area contributed by atoms with E-state index in [9.17, 15) is 8.78 Å². The van der Waals surface area contributed by atoms with Gasteiger partial charge in [0.2, 0.25) is 5.82 Å². The average molecular weight is 404 g/mol. The summed E-state index contributed by atoms with van der Waals surface area (Å²) in [5.41, 5.74) is -0.282. The van der Waals surface area contributed by atoms with Crippen molar-refractivity contribution in [3.63, 3.8) is 0 Å². The quantitative estimate of drug-likeness (QED) is 0.423. The van der Waals surface area contributed by atoms with Crippen LogP contribution in [-0.2, 0) is 0 Å². The van der Waals surface area contributed by atoms with E-state index in [1.807, 2.05) is 0 Å². The lowest BCUT2D eigenvalue weighted by Crippen LogP contribution is -2.27. The molecule has 0 amide bonds.